The van der Waals surface area contributed by atoms with E-state index < -0.39 is 5.97 Å². The molecule has 0 atom stereocenters. The number of ether oxygens (including phenoxy) is 1. The highest BCUT2D eigenvalue weighted by Crippen LogP contribution is 2.30. The minimum Gasteiger partial charge on any atom is -0.464 e. The number of benzene rings is 3. The van der Waals surface area contributed by atoms with Crippen molar-refractivity contribution < 1.29 is 18.7 Å². The van der Waals surface area contributed by atoms with Crippen LogP contribution in [-0.4, -0.2) is 18.5 Å². The van der Waals surface area contributed by atoms with E-state index in [4.69, 9.17) is 9.15 Å². The number of esters is 1. The van der Waals surface area contributed by atoms with Crippen molar-refractivity contribution in [2.24, 2.45) is 0 Å². The van der Waals surface area contributed by atoms with Gasteiger partial charge in [-0.15, -0.1) is 0 Å². The van der Waals surface area contributed by atoms with E-state index >= 15 is 0 Å². The Morgan fingerprint density at radius 3 is 2.60 bits per heavy atom. The number of carbonyl (C=O) groups is 2. The molecule has 4 rings (SSSR count). The largest absolute Gasteiger partial charge is 0.464 e. The molecule has 5 nitrogen and oxygen atoms in total. The average molecular weight is 401 g/mol. The summed E-state index contributed by atoms with van der Waals surface area (Å²) in [7, 11) is 0. The number of amides is 1. The van der Waals surface area contributed by atoms with Crippen molar-refractivity contribution >= 4 is 39.3 Å². The minimum absolute atomic E-state index is 0.0386. The van der Waals surface area contributed by atoms with E-state index in [9.17, 15) is 9.59 Å². The summed E-state index contributed by atoms with van der Waals surface area (Å²) in [6.45, 7) is 3.79. The molecule has 0 aliphatic heterocycles. The van der Waals surface area contributed by atoms with Crippen LogP contribution in [0, 0.1) is 0 Å². The van der Waals surface area contributed by atoms with E-state index in [-0.39, 0.29) is 24.9 Å². The van der Waals surface area contributed by atoms with Gasteiger partial charge in [0.1, 0.15) is 5.58 Å². The molecule has 0 aliphatic carbocycles. The molecular formula is C25H23NO4. The van der Waals surface area contributed by atoms with E-state index in [2.05, 4.69) is 19.2 Å². The van der Waals surface area contributed by atoms with Gasteiger partial charge in [-0.05, 0) is 34.4 Å². The first kappa shape index (κ1) is 19.7. The van der Waals surface area contributed by atoms with Crippen LogP contribution in [0.25, 0.3) is 21.7 Å². The Morgan fingerprint density at radius 2 is 1.77 bits per heavy atom. The minimum atomic E-state index is -0.474. The maximum Gasteiger partial charge on any atom is 0.310 e. The van der Waals surface area contributed by atoms with Crippen LogP contribution in [0.1, 0.15) is 30.9 Å². The molecule has 1 amide bonds. The summed E-state index contributed by atoms with van der Waals surface area (Å²) in [4.78, 5) is 24.7. The first-order valence-corrected chi connectivity index (χ1v) is 9.95. The van der Waals surface area contributed by atoms with E-state index in [1.165, 1.54) is 0 Å². The number of fused-ring (bicyclic) bond motifs is 3. The standard InChI is InChI=1S/C25H23NO4/c1-16(2)19-8-5-6-10-21(19)26-23(27)15-30-24(28)13-18-14-29-22-12-11-17-7-3-4-9-20(17)25(18)22/h3-12,14,16H,13,15H2,1-2H3,(H,26,27). The fraction of sp³-hybridized carbons (Fsp3) is 0.200. The van der Waals surface area contributed by atoms with Gasteiger partial charge in [-0.3, -0.25) is 9.59 Å². The van der Waals surface area contributed by atoms with Crippen molar-refractivity contribution in [2.45, 2.75) is 26.2 Å². The Labute approximate surface area is 174 Å². The van der Waals surface area contributed by atoms with Crippen LogP contribution in [-0.2, 0) is 20.7 Å². The molecule has 0 unspecified atom stereocenters. The highest BCUT2D eigenvalue weighted by molar-refractivity contribution is 6.08. The first-order chi connectivity index (χ1) is 14.5. The second kappa shape index (κ2) is 8.41. The van der Waals surface area contributed by atoms with Crippen LogP contribution in [0.4, 0.5) is 5.69 Å². The molecule has 0 saturated heterocycles. The van der Waals surface area contributed by atoms with Gasteiger partial charge in [0.25, 0.3) is 5.91 Å². The molecule has 0 aliphatic rings. The third kappa shape index (κ3) is 4.06. The third-order valence-electron chi connectivity index (χ3n) is 5.10. The molecule has 1 N–H and O–H groups in total. The van der Waals surface area contributed by atoms with Crippen LogP contribution in [0.15, 0.2) is 71.3 Å². The summed E-state index contributed by atoms with van der Waals surface area (Å²) >= 11 is 0. The topological polar surface area (TPSA) is 68.5 Å². The van der Waals surface area contributed by atoms with Crippen LogP contribution < -0.4 is 5.32 Å². The Hall–Kier alpha value is -3.60. The molecule has 0 fully saturated rings. The SMILES string of the molecule is CC(C)c1ccccc1NC(=O)COC(=O)Cc1coc2ccc3ccccc3c12. The zero-order valence-corrected chi connectivity index (χ0v) is 17.0. The molecule has 30 heavy (non-hydrogen) atoms. The quantitative estimate of drug-likeness (QED) is 0.437. The lowest BCUT2D eigenvalue weighted by Gasteiger charge is -2.13. The molecule has 152 valence electrons. The Morgan fingerprint density at radius 1 is 1.00 bits per heavy atom. The highest BCUT2D eigenvalue weighted by Gasteiger charge is 2.16. The van der Waals surface area contributed by atoms with Gasteiger partial charge >= 0.3 is 5.97 Å². The average Bonchev–Trinajstić information content (AvgIpc) is 3.16. The predicted molar refractivity (Wildman–Crippen MR) is 118 cm³/mol. The molecule has 3 aromatic carbocycles. The molecule has 1 heterocycles. The number of carbonyl (C=O) groups excluding carboxylic acids is 2. The summed E-state index contributed by atoms with van der Waals surface area (Å²) in [6.07, 6.45) is 1.62. The molecular weight excluding hydrogens is 378 g/mol. The van der Waals surface area contributed by atoms with E-state index in [1.807, 2.05) is 60.7 Å². The van der Waals surface area contributed by atoms with Crippen molar-refractivity contribution in [3.63, 3.8) is 0 Å². The van der Waals surface area contributed by atoms with Gasteiger partial charge in [0.15, 0.2) is 6.61 Å². The fourth-order valence-corrected chi connectivity index (χ4v) is 3.66. The molecule has 1 aromatic heterocycles. The van der Waals surface area contributed by atoms with E-state index in [0.717, 1.165) is 38.6 Å². The lowest BCUT2D eigenvalue weighted by Crippen LogP contribution is -2.22. The number of rotatable bonds is 6. The number of nitrogens with one attached hydrogen (secondary N) is 1. The van der Waals surface area contributed by atoms with Crippen LogP contribution in [0.3, 0.4) is 0 Å². The Bertz CT molecular complexity index is 1220. The van der Waals surface area contributed by atoms with E-state index in [0.29, 0.717) is 0 Å². The van der Waals surface area contributed by atoms with Crippen molar-refractivity contribution in [3.05, 3.63) is 78.1 Å². The van der Waals surface area contributed by atoms with Gasteiger partial charge in [-0.2, -0.15) is 0 Å². The van der Waals surface area contributed by atoms with Gasteiger partial charge in [-0.25, -0.2) is 0 Å². The normalized spacial score (nSPS) is 11.2. The van der Waals surface area contributed by atoms with E-state index in [1.54, 1.807) is 6.26 Å². The molecule has 5 heteroatoms. The van der Waals surface area contributed by atoms with Gasteiger partial charge in [-0.1, -0.05) is 62.4 Å². The number of anilines is 1. The molecule has 0 spiro atoms. The van der Waals surface area contributed by atoms with Crippen LogP contribution >= 0.6 is 0 Å². The summed E-state index contributed by atoms with van der Waals surface area (Å²) in [6, 6.07) is 19.4. The first-order valence-electron chi connectivity index (χ1n) is 9.95. The van der Waals surface area contributed by atoms with Crippen LogP contribution in [0.5, 0.6) is 0 Å². The smallest absolute Gasteiger partial charge is 0.310 e. The molecule has 0 radical (unpaired) electrons. The van der Waals surface area contributed by atoms with Crippen molar-refractivity contribution in [1.29, 1.82) is 0 Å². The highest BCUT2D eigenvalue weighted by atomic mass is 16.5. The molecule has 4 aromatic rings. The number of furan rings is 1. The zero-order chi connectivity index (χ0) is 21.1. The maximum absolute atomic E-state index is 12.4. The monoisotopic (exact) mass is 401 g/mol. The number of hydrogen-bond donors (Lipinski definition) is 1. The van der Waals surface area contributed by atoms with Gasteiger partial charge in [0, 0.05) is 16.6 Å². The Balaban J connectivity index is 1.42. The predicted octanol–water partition coefficient (Wildman–Crippen LogP) is 5.43. The second-order valence-corrected chi connectivity index (χ2v) is 7.55. The summed E-state index contributed by atoms with van der Waals surface area (Å²) in [5.41, 5.74) is 3.24. The summed E-state index contributed by atoms with van der Waals surface area (Å²) < 4.78 is 10.8. The third-order valence-corrected chi connectivity index (χ3v) is 5.10. The maximum atomic E-state index is 12.4. The molecule has 0 bridgehead atoms. The fourth-order valence-electron chi connectivity index (χ4n) is 3.66. The van der Waals surface area contributed by atoms with Gasteiger partial charge in [0.2, 0.25) is 0 Å². The van der Waals surface area contributed by atoms with Crippen LogP contribution in [0.2, 0.25) is 0 Å². The number of hydrogen-bond acceptors (Lipinski definition) is 4. The lowest BCUT2D eigenvalue weighted by atomic mass is 10.0. The summed E-state index contributed by atoms with van der Waals surface area (Å²) in [5.74, 6) is -0.565. The lowest BCUT2D eigenvalue weighted by molar-refractivity contribution is -0.146. The van der Waals surface area contributed by atoms with Gasteiger partial charge in [0.05, 0.1) is 12.7 Å². The number of para-hydroxylation sites is 1. The van der Waals surface area contributed by atoms with Crippen molar-refractivity contribution in [3.8, 4) is 0 Å². The van der Waals surface area contributed by atoms with Gasteiger partial charge < -0.3 is 14.5 Å². The Kier molecular flexibility index (Phi) is 5.53. The summed E-state index contributed by atoms with van der Waals surface area (Å²) in [5, 5.41) is 5.82. The van der Waals surface area contributed by atoms with Crippen molar-refractivity contribution in [1.82, 2.24) is 0 Å². The molecule has 0 saturated carbocycles. The van der Waals surface area contributed by atoms with Crippen molar-refractivity contribution in [2.75, 3.05) is 11.9 Å². The second-order valence-electron chi connectivity index (χ2n) is 7.55. The zero-order valence-electron chi connectivity index (χ0n) is 17.0.